The number of amides is 3. The number of hydrogen-bond donors (Lipinski definition) is 3. The van der Waals surface area contributed by atoms with Gasteiger partial charge in [-0.25, -0.2) is 14.8 Å². The number of hydrogen-bond acceptors (Lipinski definition) is 7. The summed E-state index contributed by atoms with van der Waals surface area (Å²) in [4.78, 5) is 34.7. The predicted octanol–water partition coefficient (Wildman–Crippen LogP) is 2.48. The average Bonchev–Trinajstić information content (AvgIpc) is 2.93. The number of thiophene rings is 1. The Kier molecular flexibility index (Phi) is 5.43. The lowest BCUT2D eigenvalue weighted by molar-refractivity contribution is -0.119. The molecule has 4 N–H and O–H groups in total. The van der Waals surface area contributed by atoms with E-state index in [1.807, 2.05) is 0 Å². The highest BCUT2D eigenvalue weighted by Crippen LogP contribution is 2.38. The molecule has 2 aromatic heterocycles. The summed E-state index contributed by atoms with van der Waals surface area (Å²) in [7, 11) is 0. The van der Waals surface area contributed by atoms with Crippen LogP contribution < -0.4 is 16.4 Å². The van der Waals surface area contributed by atoms with Gasteiger partial charge in [0.05, 0.1) is 10.6 Å². The SMILES string of the molecule is CCNC(=O)NC(=O)C(C)Sc1nc(N)c2c3c(sc2n1)CCCC3. The Balaban J connectivity index is 1.78. The van der Waals surface area contributed by atoms with Gasteiger partial charge in [-0.2, -0.15) is 0 Å². The number of nitrogens with zero attached hydrogens (tertiary/aromatic N) is 2. The summed E-state index contributed by atoms with van der Waals surface area (Å²) in [6, 6.07) is -0.498. The molecule has 25 heavy (non-hydrogen) atoms. The summed E-state index contributed by atoms with van der Waals surface area (Å²) in [6.07, 6.45) is 4.47. The van der Waals surface area contributed by atoms with Crippen LogP contribution in [0, 0.1) is 0 Å². The summed E-state index contributed by atoms with van der Waals surface area (Å²) in [5.74, 6) is 0.0897. The first-order valence-electron chi connectivity index (χ1n) is 8.32. The fraction of sp³-hybridized carbons (Fsp3) is 0.500. The van der Waals surface area contributed by atoms with Crippen LogP contribution >= 0.6 is 23.1 Å². The number of aromatic nitrogens is 2. The first kappa shape index (κ1) is 17.9. The van der Waals surface area contributed by atoms with Gasteiger partial charge in [-0.05, 0) is 45.1 Å². The van der Waals surface area contributed by atoms with Crippen molar-refractivity contribution in [2.24, 2.45) is 0 Å². The molecule has 1 aliphatic carbocycles. The highest BCUT2D eigenvalue weighted by atomic mass is 32.2. The number of nitrogens with one attached hydrogen (secondary N) is 2. The number of fused-ring (bicyclic) bond motifs is 3. The number of imide groups is 1. The van der Waals surface area contributed by atoms with Crippen molar-refractivity contribution in [2.45, 2.75) is 49.9 Å². The van der Waals surface area contributed by atoms with E-state index in [-0.39, 0.29) is 5.91 Å². The lowest BCUT2D eigenvalue weighted by Gasteiger charge is -2.12. The minimum Gasteiger partial charge on any atom is -0.383 e. The molecule has 7 nitrogen and oxygen atoms in total. The molecule has 0 saturated carbocycles. The molecule has 134 valence electrons. The van der Waals surface area contributed by atoms with Crippen LogP contribution in [0.25, 0.3) is 10.2 Å². The zero-order chi connectivity index (χ0) is 18.0. The molecule has 0 aromatic carbocycles. The van der Waals surface area contributed by atoms with Crippen molar-refractivity contribution in [3.63, 3.8) is 0 Å². The van der Waals surface area contributed by atoms with Gasteiger partial charge < -0.3 is 11.1 Å². The first-order valence-corrected chi connectivity index (χ1v) is 10.0. The van der Waals surface area contributed by atoms with E-state index < -0.39 is 11.3 Å². The Morgan fingerprint density at radius 1 is 1.32 bits per heavy atom. The van der Waals surface area contributed by atoms with Gasteiger partial charge >= 0.3 is 6.03 Å². The normalized spacial score (nSPS) is 14.8. The number of carbonyl (C=O) groups is 2. The second kappa shape index (κ2) is 7.57. The van der Waals surface area contributed by atoms with Gasteiger partial charge in [0.15, 0.2) is 5.16 Å². The molecule has 0 saturated heterocycles. The molecule has 0 fully saturated rings. The van der Waals surface area contributed by atoms with E-state index in [0.29, 0.717) is 17.5 Å². The Bertz CT molecular complexity index is 820. The van der Waals surface area contributed by atoms with Crippen molar-refractivity contribution in [2.75, 3.05) is 12.3 Å². The van der Waals surface area contributed by atoms with Crippen molar-refractivity contribution < 1.29 is 9.59 Å². The maximum Gasteiger partial charge on any atom is 0.321 e. The number of anilines is 1. The highest BCUT2D eigenvalue weighted by molar-refractivity contribution is 8.00. The van der Waals surface area contributed by atoms with Crippen molar-refractivity contribution in [3.8, 4) is 0 Å². The van der Waals surface area contributed by atoms with Gasteiger partial charge in [0.25, 0.3) is 0 Å². The maximum absolute atomic E-state index is 12.1. The van der Waals surface area contributed by atoms with Gasteiger partial charge in [-0.3, -0.25) is 10.1 Å². The van der Waals surface area contributed by atoms with Gasteiger partial charge in [0, 0.05) is 11.4 Å². The van der Waals surface area contributed by atoms with E-state index >= 15 is 0 Å². The van der Waals surface area contributed by atoms with Crippen molar-refractivity contribution in [3.05, 3.63) is 10.4 Å². The van der Waals surface area contributed by atoms with Gasteiger partial charge in [-0.1, -0.05) is 11.8 Å². The smallest absolute Gasteiger partial charge is 0.321 e. The van der Waals surface area contributed by atoms with Gasteiger partial charge in [0.1, 0.15) is 10.6 Å². The lowest BCUT2D eigenvalue weighted by Crippen LogP contribution is -2.42. The fourth-order valence-electron chi connectivity index (χ4n) is 2.85. The Morgan fingerprint density at radius 3 is 2.84 bits per heavy atom. The van der Waals surface area contributed by atoms with E-state index in [4.69, 9.17) is 5.73 Å². The fourth-order valence-corrected chi connectivity index (χ4v) is 4.95. The standard InChI is InChI=1S/C16H21N5O2S2/c1-3-18-15(23)20-13(22)8(2)24-16-19-12(17)11-9-6-4-5-7-10(9)25-14(11)21-16/h8H,3-7H2,1-2H3,(H2,17,19,21)(H2,18,20,22,23). The molecule has 3 amide bonds. The van der Waals surface area contributed by atoms with E-state index in [2.05, 4.69) is 20.6 Å². The van der Waals surface area contributed by atoms with Crippen molar-refractivity contribution in [1.82, 2.24) is 20.6 Å². The largest absolute Gasteiger partial charge is 0.383 e. The lowest BCUT2D eigenvalue weighted by atomic mass is 9.97. The van der Waals surface area contributed by atoms with Crippen LogP contribution in [-0.4, -0.2) is 33.7 Å². The van der Waals surface area contributed by atoms with E-state index in [1.165, 1.54) is 35.0 Å². The van der Waals surface area contributed by atoms with Crippen LogP contribution in [0.4, 0.5) is 10.6 Å². The van der Waals surface area contributed by atoms with Crippen LogP contribution in [0.5, 0.6) is 0 Å². The number of urea groups is 1. The van der Waals surface area contributed by atoms with Crippen LogP contribution in [0.3, 0.4) is 0 Å². The molecule has 0 spiro atoms. The van der Waals surface area contributed by atoms with E-state index in [1.54, 1.807) is 25.2 Å². The van der Waals surface area contributed by atoms with Gasteiger partial charge in [0.2, 0.25) is 5.91 Å². The zero-order valence-electron chi connectivity index (χ0n) is 14.2. The summed E-state index contributed by atoms with van der Waals surface area (Å²) in [5, 5.41) is 5.76. The molecular weight excluding hydrogens is 358 g/mol. The molecule has 0 bridgehead atoms. The Hall–Kier alpha value is -1.87. The third-order valence-corrected chi connectivity index (χ3v) is 6.19. The highest BCUT2D eigenvalue weighted by Gasteiger charge is 2.22. The minimum atomic E-state index is -0.506. The summed E-state index contributed by atoms with van der Waals surface area (Å²) in [5.41, 5.74) is 7.47. The molecule has 2 aromatic rings. The molecule has 1 atom stereocenters. The van der Waals surface area contributed by atoms with Crippen molar-refractivity contribution >= 4 is 51.1 Å². The molecule has 0 aliphatic heterocycles. The number of rotatable bonds is 4. The molecule has 1 aliphatic rings. The topological polar surface area (TPSA) is 110 Å². The third-order valence-electron chi connectivity index (χ3n) is 4.05. The average molecular weight is 380 g/mol. The number of nitrogen functional groups attached to an aromatic ring is 1. The summed E-state index contributed by atoms with van der Waals surface area (Å²) >= 11 is 2.87. The Labute approximate surface area is 154 Å². The first-order chi connectivity index (χ1) is 12.0. The number of nitrogens with two attached hydrogens (primary N) is 1. The minimum absolute atomic E-state index is 0.385. The molecule has 3 rings (SSSR count). The molecule has 0 radical (unpaired) electrons. The van der Waals surface area contributed by atoms with Crippen molar-refractivity contribution in [1.29, 1.82) is 0 Å². The number of carbonyl (C=O) groups excluding carboxylic acids is 2. The summed E-state index contributed by atoms with van der Waals surface area (Å²) in [6.45, 7) is 3.96. The quantitative estimate of drug-likeness (QED) is 0.556. The predicted molar refractivity (Wildman–Crippen MR) is 101 cm³/mol. The second-order valence-electron chi connectivity index (χ2n) is 5.89. The van der Waals surface area contributed by atoms with Crippen LogP contribution in [0.2, 0.25) is 0 Å². The van der Waals surface area contributed by atoms with Crippen LogP contribution in [-0.2, 0) is 17.6 Å². The second-order valence-corrected chi connectivity index (χ2v) is 8.28. The Morgan fingerprint density at radius 2 is 2.08 bits per heavy atom. The summed E-state index contributed by atoms with van der Waals surface area (Å²) < 4.78 is 0. The van der Waals surface area contributed by atoms with Crippen LogP contribution in [0.15, 0.2) is 5.16 Å². The van der Waals surface area contributed by atoms with E-state index in [0.717, 1.165) is 23.1 Å². The molecule has 2 heterocycles. The van der Waals surface area contributed by atoms with Gasteiger partial charge in [-0.15, -0.1) is 11.3 Å². The maximum atomic E-state index is 12.1. The molecular formula is C16H21N5O2S2. The van der Waals surface area contributed by atoms with E-state index in [9.17, 15) is 9.59 Å². The zero-order valence-corrected chi connectivity index (χ0v) is 15.9. The monoisotopic (exact) mass is 379 g/mol. The molecule has 9 heteroatoms. The number of thioether (sulfide) groups is 1. The third kappa shape index (κ3) is 3.87. The molecule has 1 unspecified atom stereocenters. The number of aryl methyl sites for hydroxylation is 2. The van der Waals surface area contributed by atoms with Crippen LogP contribution in [0.1, 0.15) is 37.1 Å².